The maximum atomic E-state index is 13.5. The Bertz CT molecular complexity index is 740. The summed E-state index contributed by atoms with van der Waals surface area (Å²) in [6, 6.07) is 3.88. The molecule has 0 saturated carbocycles. The fourth-order valence-electron chi connectivity index (χ4n) is 3.21. The van der Waals surface area contributed by atoms with Crippen molar-refractivity contribution in [3.8, 4) is 0 Å². The molecule has 1 amide bonds. The summed E-state index contributed by atoms with van der Waals surface area (Å²) in [5.74, 6) is -1.85. The van der Waals surface area contributed by atoms with Crippen LogP contribution in [0.15, 0.2) is 18.2 Å². The minimum atomic E-state index is -0.855. The van der Waals surface area contributed by atoms with E-state index in [9.17, 15) is 13.6 Å². The Morgan fingerprint density at radius 1 is 1.38 bits per heavy atom. The van der Waals surface area contributed by atoms with Gasteiger partial charge in [-0.1, -0.05) is 6.07 Å². The van der Waals surface area contributed by atoms with E-state index in [1.54, 1.807) is 6.07 Å². The van der Waals surface area contributed by atoms with E-state index in [1.807, 2.05) is 18.7 Å². The summed E-state index contributed by atoms with van der Waals surface area (Å²) in [4.78, 5) is 14.3. The molecule has 5 nitrogen and oxygen atoms in total. The van der Waals surface area contributed by atoms with Crippen molar-refractivity contribution >= 4 is 11.6 Å². The van der Waals surface area contributed by atoms with Gasteiger partial charge in [-0.2, -0.15) is 5.10 Å². The van der Waals surface area contributed by atoms with E-state index in [2.05, 4.69) is 15.5 Å². The molecule has 1 aromatic heterocycles. The first-order valence-electron chi connectivity index (χ1n) is 7.96. The predicted octanol–water partition coefficient (Wildman–Crippen LogP) is 3.08. The third-order valence-electron chi connectivity index (χ3n) is 4.43. The number of likely N-dealkylation sites (tertiary alicyclic amines) is 1. The van der Waals surface area contributed by atoms with Gasteiger partial charge in [-0.25, -0.2) is 8.78 Å². The number of aromatic nitrogens is 2. The highest BCUT2D eigenvalue weighted by molar-refractivity contribution is 5.93. The van der Waals surface area contributed by atoms with E-state index in [1.165, 1.54) is 6.07 Å². The van der Waals surface area contributed by atoms with Gasteiger partial charge < -0.3 is 5.32 Å². The molecular weight excluding hydrogens is 314 g/mol. The molecule has 1 aliphatic rings. The Balaban J connectivity index is 1.69. The van der Waals surface area contributed by atoms with Crippen LogP contribution in [0.5, 0.6) is 0 Å². The molecule has 1 saturated heterocycles. The maximum Gasteiger partial charge on any atom is 0.238 e. The van der Waals surface area contributed by atoms with Crippen molar-refractivity contribution in [2.24, 2.45) is 0 Å². The fraction of sp³-hybridized carbons (Fsp3) is 0.412. The quantitative estimate of drug-likeness (QED) is 0.903. The van der Waals surface area contributed by atoms with Gasteiger partial charge in [-0.15, -0.1) is 0 Å². The summed E-state index contributed by atoms with van der Waals surface area (Å²) in [5, 5.41) is 9.75. The lowest BCUT2D eigenvalue weighted by atomic mass is 10.0. The Kier molecular flexibility index (Phi) is 4.62. The number of hydrogen-bond acceptors (Lipinski definition) is 3. The molecule has 1 unspecified atom stereocenters. The highest BCUT2D eigenvalue weighted by Crippen LogP contribution is 2.32. The van der Waals surface area contributed by atoms with E-state index in [4.69, 9.17) is 0 Å². The Morgan fingerprint density at radius 2 is 2.17 bits per heavy atom. The number of carbonyl (C=O) groups excluding carboxylic acids is 1. The molecule has 0 spiro atoms. The van der Waals surface area contributed by atoms with Crippen molar-refractivity contribution in [2.45, 2.75) is 32.7 Å². The van der Waals surface area contributed by atoms with Crippen LogP contribution in [0.25, 0.3) is 0 Å². The summed E-state index contributed by atoms with van der Waals surface area (Å²) >= 11 is 0. The SMILES string of the molecule is Cc1n[nH]c(C)c1NC(=O)CN1CCCC1c1ccc(F)c(F)c1. The zero-order valence-electron chi connectivity index (χ0n) is 13.7. The van der Waals surface area contributed by atoms with Crippen LogP contribution in [0.2, 0.25) is 0 Å². The van der Waals surface area contributed by atoms with E-state index in [0.29, 0.717) is 11.3 Å². The van der Waals surface area contributed by atoms with E-state index >= 15 is 0 Å². The van der Waals surface area contributed by atoms with Gasteiger partial charge in [0.05, 0.1) is 23.6 Å². The lowest BCUT2D eigenvalue weighted by molar-refractivity contribution is -0.117. The number of aryl methyl sites for hydroxylation is 2. The zero-order chi connectivity index (χ0) is 17.3. The van der Waals surface area contributed by atoms with Crippen molar-refractivity contribution in [3.05, 3.63) is 46.8 Å². The molecule has 24 heavy (non-hydrogen) atoms. The van der Waals surface area contributed by atoms with Gasteiger partial charge in [-0.05, 0) is 50.9 Å². The normalized spacial score (nSPS) is 18.1. The van der Waals surface area contributed by atoms with Crippen LogP contribution in [-0.2, 0) is 4.79 Å². The molecule has 0 aliphatic carbocycles. The number of nitrogens with one attached hydrogen (secondary N) is 2. The lowest BCUT2D eigenvalue weighted by Gasteiger charge is -2.24. The molecule has 0 bridgehead atoms. The topological polar surface area (TPSA) is 61.0 Å². The molecule has 1 fully saturated rings. The summed E-state index contributed by atoms with van der Waals surface area (Å²) in [7, 11) is 0. The highest BCUT2D eigenvalue weighted by Gasteiger charge is 2.28. The van der Waals surface area contributed by atoms with Crippen LogP contribution in [-0.4, -0.2) is 34.1 Å². The van der Waals surface area contributed by atoms with Gasteiger partial charge in [0, 0.05) is 6.04 Å². The fourth-order valence-corrected chi connectivity index (χ4v) is 3.21. The second kappa shape index (κ2) is 6.68. The minimum Gasteiger partial charge on any atom is -0.322 e. The number of benzene rings is 1. The summed E-state index contributed by atoms with van der Waals surface area (Å²) in [6.45, 7) is 4.61. The number of amides is 1. The molecule has 2 heterocycles. The van der Waals surface area contributed by atoms with Gasteiger partial charge >= 0.3 is 0 Å². The average molecular weight is 334 g/mol. The minimum absolute atomic E-state index is 0.0719. The third-order valence-corrected chi connectivity index (χ3v) is 4.43. The number of H-pyrrole nitrogens is 1. The number of hydrogen-bond donors (Lipinski definition) is 2. The summed E-state index contributed by atoms with van der Waals surface area (Å²) < 4.78 is 26.6. The standard InChI is InChI=1S/C17H20F2N4O/c1-10-17(11(2)22-21-10)20-16(24)9-23-7-3-4-15(23)12-5-6-13(18)14(19)8-12/h5-6,8,15H,3-4,7,9H2,1-2H3,(H,20,24)(H,21,22). The largest absolute Gasteiger partial charge is 0.322 e. The summed E-state index contributed by atoms with van der Waals surface area (Å²) in [6.07, 6.45) is 1.74. The first-order chi connectivity index (χ1) is 11.5. The molecule has 0 radical (unpaired) electrons. The Labute approximate surface area is 139 Å². The number of halogens is 2. The molecule has 7 heteroatoms. The molecular formula is C17H20F2N4O. The molecule has 2 N–H and O–H groups in total. The average Bonchev–Trinajstić information content (AvgIpc) is 3.12. The van der Waals surface area contributed by atoms with Crippen LogP contribution in [0.3, 0.4) is 0 Å². The number of aromatic amines is 1. The van der Waals surface area contributed by atoms with Crippen LogP contribution < -0.4 is 5.32 Å². The lowest BCUT2D eigenvalue weighted by Crippen LogP contribution is -2.33. The smallest absolute Gasteiger partial charge is 0.238 e. The summed E-state index contributed by atoms with van der Waals surface area (Å²) in [5.41, 5.74) is 2.94. The van der Waals surface area contributed by atoms with Gasteiger partial charge in [0.1, 0.15) is 0 Å². The van der Waals surface area contributed by atoms with Crippen LogP contribution in [0.1, 0.15) is 35.8 Å². The third kappa shape index (κ3) is 3.31. The van der Waals surface area contributed by atoms with Crippen LogP contribution >= 0.6 is 0 Å². The molecule has 1 aromatic carbocycles. The molecule has 2 aromatic rings. The van der Waals surface area contributed by atoms with Crippen molar-refractivity contribution in [1.82, 2.24) is 15.1 Å². The van der Waals surface area contributed by atoms with E-state index in [-0.39, 0.29) is 18.5 Å². The molecule has 3 rings (SSSR count). The van der Waals surface area contributed by atoms with E-state index in [0.717, 1.165) is 36.8 Å². The Morgan fingerprint density at radius 3 is 2.83 bits per heavy atom. The first-order valence-corrected chi connectivity index (χ1v) is 7.96. The number of nitrogens with zero attached hydrogens (tertiary/aromatic N) is 2. The van der Waals surface area contributed by atoms with Crippen molar-refractivity contribution in [1.29, 1.82) is 0 Å². The zero-order valence-corrected chi connectivity index (χ0v) is 13.7. The molecule has 1 atom stereocenters. The van der Waals surface area contributed by atoms with Gasteiger partial charge in [0.15, 0.2) is 11.6 Å². The van der Waals surface area contributed by atoms with Gasteiger partial charge in [0.2, 0.25) is 5.91 Å². The van der Waals surface area contributed by atoms with Gasteiger partial charge in [0.25, 0.3) is 0 Å². The maximum absolute atomic E-state index is 13.5. The Hall–Kier alpha value is -2.28. The number of anilines is 1. The van der Waals surface area contributed by atoms with Gasteiger partial charge in [-0.3, -0.25) is 14.8 Å². The van der Waals surface area contributed by atoms with Crippen molar-refractivity contribution in [3.63, 3.8) is 0 Å². The highest BCUT2D eigenvalue weighted by atomic mass is 19.2. The second-order valence-electron chi connectivity index (χ2n) is 6.16. The second-order valence-corrected chi connectivity index (χ2v) is 6.16. The number of rotatable bonds is 4. The van der Waals surface area contributed by atoms with Crippen LogP contribution in [0, 0.1) is 25.5 Å². The van der Waals surface area contributed by atoms with Crippen molar-refractivity contribution < 1.29 is 13.6 Å². The molecule has 128 valence electrons. The number of carbonyl (C=O) groups is 1. The molecule has 1 aliphatic heterocycles. The predicted molar refractivity (Wildman–Crippen MR) is 86.6 cm³/mol. The first kappa shape index (κ1) is 16.6. The monoisotopic (exact) mass is 334 g/mol. The van der Waals surface area contributed by atoms with E-state index < -0.39 is 11.6 Å². The van der Waals surface area contributed by atoms with Crippen LogP contribution in [0.4, 0.5) is 14.5 Å². The van der Waals surface area contributed by atoms with Crippen molar-refractivity contribution in [2.75, 3.05) is 18.4 Å².